The molecule has 0 bridgehead atoms. The van der Waals surface area contributed by atoms with Crippen molar-refractivity contribution in [2.45, 2.75) is 19.4 Å². The van der Waals surface area contributed by atoms with E-state index in [1.807, 2.05) is 0 Å². The lowest BCUT2D eigenvalue weighted by Crippen LogP contribution is -2.25. The lowest BCUT2D eigenvalue weighted by atomic mass is 10.2. The maximum Gasteiger partial charge on any atom is 0.328 e. The first-order valence-electron chi connectivity index (χ1n) is 5.13. The molecule has 1 fully saturated rings. The van der Waals surface area contributed by atoms with Gasteiger partial charge in [0.2, 0.25) is 5.82 Å². The van der Waals surface area contributed by atoms with Gasteiger partial charge in [0.05, 0.1) is 11.5 Å². The second-order valence-electron chi connectivity index (χ2n) is 3.74. The monoisotopic (exact) mass is 237 g/mol. The van der Waals surface area contributed by atoms with Gasteiger partial charge in [0.25, 0.3) is 0 Å². The van der Waals surface area contributed by atoms with E-state index in [1.54, 1.807) is 13.0 Å². The van der Waals surface area contributed by atoms with Crippen LogP contribution in [0.4, 0.5) is 11.5 Å². The van der Waals surface area contributed by atoms with Gasteiger partial charge in [0, 0.05) is 18.2 Å². The summed E-state index contributed by atoms with van der Waals surface area (Å²) in [5.74, 6) is -0.290. The smallest absolute Gasteiger partial charge is 0.328 e. The summed E-state index contributed by atoms with van der Waals surface area (Å²) >= 11 is 0. The van der Waals surface area contributed by atoms with Crippen LogP contribution in [0.3, 0.4) is 0 Å². The summed E-state index contributed by atoms with van der Waals surface area (Å²) in [5, 5.41) is 13.7. The van der Waals surface area contributed by atoms with Gasteiger partial charge < -0.3 is 10.1 Å². The van der Waals surface area contributed by atoms with Crippen molar-refractivity contribution in [3.05, 3.63) is 27.9 Å². The molecule has 2 heterocycles. The van der Waals surface area contributed by atoms with E-state index in [0.29, 0.717) is 18.6 Å². The van der Waals surface area contributed by atoms with Crippen molar-refractivity contribution in [2.24, 2.45) is 0 Å². The summed E-state index contributed by atoms with van der Waals surface area (Å²) in [6.07, 6.45) is 1.95. The average Bonchev–Trinajstić information content (AvgIpc) is 2.64. The van der Waals surface area contributed by atoms with Crippen molar-refractivity contribution in [3.63, 3.8) is 0 Å². The minimum atomic E-state index is -0.553. The molecule has 1 atom stereocenters. The zero-order chi connectivity index (χ0) is 12.4. The first kappa shape index (κ1) is 11.3. The Morgan fingerprint density at radius 2 is 2.41 bits per heavy atom. The van der Waals surface area contributed by atoms with Crippen LogP contribution in [0.15, 0.2) is 12.3 Å². The zero-order valence-electron chi connectivity index (χ0n) is 9.17. The molecule has 1 aromatic heterocycles. The maximum absolute atomic E-state index is 11.3. The van der Waals surface area contributed by atoms with Gasteiger partial charge in [-0.2, -0.15) is 0 Å². The number of esters is 1. The molecular formula is C10H11N3O4. The van der Waals surface area contributed by atoms with Crippen LogP contribution in [0.1, 0.15) is 12.0 Å². The highest BCUT2D eigenvalue weighted by molar-refractivity contribution is 5.81. The minimum absolute atomic E-state index is 0.104. The van der Waals surface area contributed by atoms with Crippen molar-refractivity contribution in [3.8, 4) is 0 Å². The quantitative estimate of drug-likeness (QED) is 0.479. The SMILES string of the molecule is Cc1ccnc(NC2CCOC2=O)c1[N+](=O)[O-]. The number of aromatic nitrogens is 1. The fourth-order valence-electron chi connectivity index (χ4n) is 1.68. The van der Waals surface area contributed by atoms with E-state index in [-0.39, 0.29) is 11.5 Å². The van der Waals surface area contributed by atoms with E-state index in [4.69, 9.17) is 4.74 Å². The van der Waals surface area contributed by atoms with E-state index in [1.165, 1.54) is 6.20 Å². The number of carbonyl (C=O) groups excluding carboxylic acids is 1. The van der Waals surface area contributed by atoms with E-state index in [9.17, 15) is 14.9 Å². The van der Waals surface area contributed by atoms with Crippen LogP contribution in [-0.4, -0.2) is 28.5 Å². The van der Waals surface area contributed by atoms with E-state index in [2.05, 4.69) is 10.3 Å². The summed E-state index contributed by atoms with van der Waals surface area (Å²) in [7, 11) is 0. The summed E-state index contributed by atoms with van der Waals surface area (Å²) in [4.78, 5) is 25.6. The molecule has 17 heavy (non-hydrogen) atoms. The Kier molecular flexibility index (Phi) is 2.90. The van der Waals surface area contributed by atoms with Gasteiger partial charge in [-0.1, -0.05) is 0 Å². The molecule has 7 heteroatoms. The van der Waals surface area contributed by atoms with Gasteiger partial charge in [-0.15, -0.1) is 0 Å². The highest BCUT2D eigenvalue weighted by Crippen LogP contribution is 2.27. The van der Waals surface area contributed by atoms with Crippen molar-refractivity contribution in [2.75, 3.05) is 11.9 Å². The van der Waals surface area contributed by atoms with Gasteiger partial charge >= 0.3 is 11.7 Å². The number of carbonyl (C=O) groups is 1. The third-order valence-corrected chi connectivity index (χ3v) is 2.55. The van der Waals surface area contributed by atoms with Crippen LogP contribution in [-0.2, 0) is 9.53 Å². The molecular weight excluding hydrogens is 226 g/mol. The van der Waals surface area contributed by atoms with Crippen LogP contribution in [0.25, 0.3) is 0 Å². The Morgan fingerprint density at radius 3 is 3.00 bits per heavy atom. The number of cyclic esters (lactones) is 1. The number of pyridine rings is 1. The zero-order valence-corrected chi connectivity index (χ0v) is 9.17. The van der Waals surface area contributed by atoms with Gasteiger partial charge in [-0.25, -0.2) is 9.78 Å². The van der Waals surface area contributed by atoms with Crippen molar-refractivity contribution in [1.82, 2.24) is 4.98 Å². The molecule has 0 radical (unpaired) electrons. The Balaban J connectivity index is 2.29. The number of aryl methyl sites for hydroxylation is 1. The second-order valence-corrected chi connectivity index (χ2v) is 3.74. The number of nitrogens with one attached hydrogen (secondary N) is 1. The Hall–Kier alpha value is -2.18. The number of nitrogens with zero attached hydrogens (tertiary/aromatic N) is 2. The number of hydrogen-bond donors (Lipinski definition) is 1. The van der Waals surface area contributed by atoms with Gasteiger partial charge in [0.15, 0.2) is 0 Å². The van der Waals surface area contributed by atoms with E-state index in [0.717, 1.165) is 0 Å². The molecule has 1 saturated heterocycles. The molecule has 0 saturated carbocycles. The Morgan fingerprint density at radius 1 is 1.65 bits per heavy atom. The van der Waals surface area contributed by atoms with Crippen molar-refractivity contribution in [1.29, 1.82) is 0 Å². The topological polar surface area (TPSA) is 94.4 Å². The largest absolute Gasteiger partial charge is 0.464 e. The molecule has 1 aliphatic rings. The number of nitro groups is 1. The lowest BCUT2D eigenvalue weighted by Gasteiger charge is -2.10. The third-order valence-electron chi connectivity index (χ3n) is 2.55. The third kappa shape index (κ3) is 2.17. The predicted molar refractivity (Wildman–Crippen MR) is 58.6 cm³/mol. The number of ether oxygens (including phenoxy) is 1. The van der Waals surface area contributed by atoms with Gasteiger partial charge in [-0.05, 0) is 13.0 Å². The van der Waals surface area contributed by atoms with Crippen LogP contribution in [0.5, 0.6) is 0 Å². The van der Waals surface area contributed by atoms with Crippen molar-refractivity contribution >= 4 is 17.5 Å². The lowest BCUT2D eigenvalue weighted by molar-refractivity contribution is -0.384. The van der Waals surface area contributed by atoms with Crippen LogP contribution in [0.2, 0.25) is 0 Å². The van der Waals surface area contributed by atoms with Crippen LogP contribution < -0.4 is 5.32 Å². The van der Waals surface area contributed by atoms with E-state index < -0.39 is 16.9 Å². The van der Waals surface area contributed by atoms with E-state index >= 15 is 0 Å². The average molecular weight is 237 g/mol. The van der Waals surface area contributed by atoms with Crippen molar-refractivity contribution < 1.29 is 14.5 Å². The summed E-state index contributed by atoms with van der Waals surface area (Å²) in [5.41, 5.74) is 0.395. The van der Waals surface area contributed by atoms with Crippen LogP contribution in [0, 0.1) is 17.0 Å². The fourth-order valence-corrected chi connectivity index (χ4v) is 1.68. The summed E-state index contributed by atoms with van der Waals surface area (Å²) in [6.45, 7) is 1.95. The molecule has 1 N–H and O–H groups in total. The molecule has 7 nitrogen and oxygen atoms in total. The summed E-state index contributed by atoms with van der Waals surface area (Å²) in [6, 6.07) is 0.999. The molecule has 90 valence electrons. The number of hydrogen-bond acceptors (Lipinski definition) is 6. The molecule has 1 unspecified atom stereocenters. The molecule has 2 rings (SSSR count). The van der Waals surface area contributed by atoms with Gasteiger partial charge in [0.1, 0.15) is 6.04 Å². The standard InChI is InChI=1S/C10H11N3O4/c1-6-2-4-11-9(8(6)13(15)16)12-7-3-5-17-10(7)14/h2,4,7H,3,5H2,1H3,(H,11,12). The maximum atomic E-state index is 11.3. The van der Waals surface area contributed by atoms with Crippen LogP contribution >= 0.6 is 0 Å². The van der Waals surface area contributed by atoms with Gasteiger partial charge in [-0.3, -0.25) is 10.1 Å². The first-order valence-corrected chi connectivity index (χ1v) is 5.13. The highest BCUT2D eigenvalue weighted by Gasteiger charge is 2.29. The Labute approximate surface area is 96.9 Å². The molecule has 0 aliphatic carbocycles. The predicted octanol–water partition coefficient (Wildman–Crippen LogP) is 1.03. The number of anilines is 1. The first-order chi connectivity index (χ1) is 8.09. The molecule has 0 amide bonds. The molecule has 0 spiro atoms. The Bertz CT molecular complexity index is 475. The minimum Gasteiger partial charge on any atom is -0.464 e. The second kappa shape index (κ2) is 4.36. The summed E-state index contributed by atoms with van der Waals surface area (Å²) < 4.78 is 4.77. The molecule has 1 aliphatic heterocycles. The fraction of sp³-hybridized carbons (Fsp3) is 0.400. The highest BCUT2D eigenvalue weighted by atomic mass is 16.6. The molecule has 0 aromatic carbocycles. The number of rotatable bonds is 3. The normalized spacial score (nSPS) is 18.9. The molecule has 1 aromatic rings.